The molecule has 1 aliphatic rings. The molecule has 1 unspecified atom stereocenters. The summed E-state index contributed by atoms with van der Waals surface area (Å²) in [4.78, 5) is 24.7. The topological polar surface area (TPSA) is 86.8 Å². The predicted molar refractivity (Wildman–Crippen MR) is 114 cm³/mol. The molecule has 1 saturated heterocycles. The van der Waals surface area contributed by atoms with E-state index in [1.165, 1.54) is 5.56 Å². The van der Waals surface area contributed by atoms with Gasteiger partial charge in [-0.05, 0) is 36.5 Å². The van der Waals surface area contributed by atoms with Gasteiger partial charge in [0.1, 0.15) is 5.82 Å². The lowest BCUT2D eigenvalue weighted by Crippen LogP contribution is -2.46. The Morgan fingerprint density at radius 3 is 2.89 bits per heavy atom. The highest BCUT2D eigenvalue weighted by molar-refractivity contribution is 5.85. The number of aromatic nitrogens is 1. The average Bonchev–Trinajstić information content (AvgIpc) is 2.68. The van der Waals surface area contributed by atoms with Crippen LogP contribution in [0, 0.1) is 5.92 Å². The van der Waals surface area contributed by atoms with Crippen molar-refractivity contribution in [1.29, 1.82) is 0 Å². The largest absolute Gasteiger partial charge is 0.370 e. The fourth-order valence-corrected chi connectivity index (χ4v) is 3.82. The molecule has 1 atom stereocenters. The van der Waals surface area contributed by atoms with Crippen molar-refractivity contribution in [1.82, 2.24) is 15.2 Å². The van der Waals surface area contributed by atoms with Crippen LogP contribution < -0.4 is 16.0 Å². The number of likely N-dealkylation sites (tertiary alicyclic amines) is 1. The summed E-state index contributed by atoms with van der Waals surface area (Å²) >= 11 is 0. The van der Waals surface area contributed by atoms with E-state index in [1.54, 1.807) is 7.05 Å². The van der Waals surface area contributed by atoms with Crippen LogP contribution in [0.5, 0.6) is 0 Å². The summed E-state index contributed by atoms with van der Waals surface area (Å²) in [5.41, 5.74) is 7.56. The van der Waals surface area contributed by atoms with Crippen molar-refractivity contribution in [3.63, 3.8) is 0 Å². The van der Waals surface area contributed by atoms with E-state index >= 15 is 0 Å². The molecule has 0 radical (unpaired) electrons. The first-order valence-electron chi connectivity index (χ1n) is 9.78. The number of guanidine groups is 1. The molecule has 1 fully saturated rings. The van der Waals surface area contributed by atoms with Crippen LogP contribution in [0.25, 0.3) is 10.9 Å². The van der Waals surface area contributed by atoms with Crippen LogP contribution in [0.4, 0.5) is 5.82 Å². The number of amides is 1. The normalized spacial score (nSPS) is 17.6. The molecular weight excluding hydrogens is 352 g/mol. The van der Waals surface area contributed by atoms with Gasteiger partial charge < -0.3 is 20.9 Å². The maximum Gasteiger partial charge on any atom is 0.217 e. The standard InChI is InChI=1S/C21H30N6O/c1-23-21(27-10-6-7-15(14-27)11-19(22)28)24-13-16-12-20(26(2)3)25-18-9-5-4-8-17(16)18/h4-5,8-9,12,15H,6-7,10-11,13-14H2,1-3H3,(H2,22,28)(H,23,24). The Hall–Kier alpha value is -2.83. The Morgan fingerprint density at radius 1 is 1.39 bits per heavy atom. The molecule has 7 nitrogen and oxygen atoms in total. The molecule has 0 bridgehead atoms. The van der Waals surface area contributed by atoms with Crippen molar-refractivity contribution < 1.29 is 4.79 Å². The number of nitrogens with two attached hydrogens (primary N) is 1. The molecule has 3 rings (SSSR count). The Labute approximate surface area is 166 Å². The van der Waals surface area contributed by atoms with E-state index in [-0.39, 0.29) is 5.91 Å². The Kier molecular flexibility index (Phi) is 6.34. The lowest BCUT2D eigenvalue weighted by Gasteiger charge is -2.34. The minimum atomic E-state index is -0.228. The first-order chi connectivity index (χ1) is 13.5. The number of aliphatic imine (C=N–C) groups is 1. The number of pyridine rings is 1. The van der Waals surface area contributed by atoms with Crippen LogP contribution >= 0.6 is 0 Å². The zero-order valence-corrected chi connectivity index (χ0v) is 17.0. The summed E-state index contributed by atoms with van der Waals surface area (Å²) < 4.78 is 0. The molecule has 3 N–H and O–H groups in total. The van der Waals surface area contributed by atoms with E-state index in [0.717, 1.165) is 48.6 Å². The summed E-state index contributed by atoms with van der Waals surface area (Å²) in [7, 11) is 5.80. The minimum absolute atomic E-state index is 0.228. The number of carbonyl (C=O) groups is 1. The number of piperidine rings is 1. The number of anilines is 1. The number of primary amides is 1. The number of carbonyl (C=O) groups excluding carboxylic acids is 1. The van der Waals surface area contributed by atoms with Crippen LogP contribution in [0.2, 0.25) is 0 Å². The summed E-state index contributed by atoms with van der Waals surface area (Å²) in [5, 5.41) is 4.64. The first-order valence-corrected chi connectivity index (χ1v) is 9.78. The summed E-state index contributed by atoms with van der Waals surface area (Å²) in [6.45, 7) is 2.41. The fourth-order valence-electron chi connectivity index (χ4n) is 3.82. The molecule has 1 amide bonds. The Bertz CT molecular complexity index is 863. The smallest absolute Gasteiger partial charge is 0.217 e. The van der Waals surface area contributed by atoms with Crippen molar-refractivity contribution in [2.75, 3.05) is 39.1 Å². The fraction of sp³-hybridized carbons (Fsp3) is 0.476. The SMILES string of the molecule is CN=C(NCc1cc(N(C)C)nc2ccccc12)N1CCCC(CC(N)=O)C1. The number of benzene rings is 1. The van der Waals surface area contributed by atoms with E-state index in [9.17, 15) is 4.79 Å². The molecule has 2 aromatic rings. The number of fused-ring (bicyclic) bond motifs is 1. The lowest BCUT2D eigenvalue weighted by molar-refractivity contribution is -0.119. The zero-order chi connectivity index (χ0) is 20.1. The molecular formula is C21H30N6O. The highest BCUT2D eigenvalue weighted by Gasteiger charge is 2.23. The van der Waals surface area contributed by atoms with Crippen molar-refractivity contribution >= 4 is 28.6 Å². The maximum atomic E-state index is 11.3. The lowest BCUT2D eigenvalue weighted by atomic mass is 9.95. The van der Waals surface area contributed by atoms with Crippen LogP contribution in [-0.2, 0) is 11.3 Å². The van der Waals surface area contributed by atoms with Gasteiger partial charge in [-0.1, -0.05) is 18.2 Å². The monoisotopic (exact) mass is 382 g/mol. The van der Waals surface area contributed by atoms with Gasteiger partial charge in [0, 0.05) is 52.6 Å². The van der Waals surface area contributed by atoms with Crippen LogP contribution in [0.15, 0.2) is 35.3 Å². The number of nitrogens with zero attached hydrogens (tertiary/aromatic N) is 4. The second-order valence-corrected chi connectivity index (χ2v) is 7.58. The third-order valence-electron chi connectivity index (χ3n) is 5.20. The molecule has 7 heteroatoms. The number of para-hydroxylation sites is 1. The Balaban J connectivity index is 1.76. The third-order valence-corrected chi connectivity index (χ3v) is 5.20. The van der Waals surface area contributed by atoms with E-state index in [2.05, 4.69) is 27.3 Å². The van der Waals surface area contributed by atoms with Crippen molar-refractivity contribution in [2.45, 2.75) is 25.8 Å². The number of rotatable bonds is 5. The van der Waals surface area contributed by atoms with E-state index in [1.807, 2.05) is 37.2 Å². The van der Waals surface area contributed by atoms with Gasteiger partial charge in [0.15, 0.2) is 5.96 Å². The van der Waals surface area contributed by atoms with Crippen LogP contribution in [0.3, 0.4) is 0 Å². The van der Waals surface area contributed by atoms with Gasteiger partial charge in [-0.3, -0.25) is 9.79 Å². The number of hydrogen-bond donors (Lipinski definition) is 2. The highest BCUT2D eigenvalue weighted by Crippen LogP contribution is 2.23. The van der Waals surface area contributed by atoms with E-state index < -0.39 is 0 Å². The summed E-state index contributed by atoms with van der Waals surface area (Å²) in [5.74, 6) is 1.87. The number of hydrogen-bond acceptors (Lipinski definition) is 4. The van der Waals surface area contributed by atoms with Gasteiger partial charge in [0.25, 0.3) is 0 Å². The van der Waals surface area contributed by atoms with Crippen molar-refractivity contribution in [2.24, 2.45) is 16.6 Å². The predicted octanol–water partition coefficient (Wildman–Crippen LogP) is 1.96. The molecule has 150 valence electrons. The molecule has 0 saturated carbocycles. The van der Waals surface area contributed by atoms with Crippen molar-refractivity contribution in [3.05, 3.63) is 35.9 Å². The third kappa shape index (κ3) is 4.71. The highest BCUT2D eigenvalue weighted by atomic mass is 16.1. The van der Waals surface area contributed by atoms with Crippen molar-refractivity contribution in [3.8, 4) is 0 Å². The first kappa shape index (κ1) is 19.9. The van der Waals surface area contributed by atoms with Crippen LogP contribution in [-0.4, -0.2) is 56.0 Å². The molecule has 1 aromatic carbocycles. The molecule has 1 aromatic heterocycles. The second-order valence-electron chi connectivity index (χ2n) is 7.58. The van der Waals surface area contributed by atoms with Gasteiger partial charge in [-0.25, -0.2) is 4.98 Å². The van der Waals surface area contributed by atoms with Gasteiger partial charge in [-0.2, -0.15) is 0 Å². The quantitative estimate of drug-likeness (QED) is 0.610. The van der Waals surface area contributed by atoms with Crippen LogP contribution in [0.1, 0.15) is 24.8 Å². The molecule has 0 spiro atoms. The Morgan fingerprint density at radius 2 is 2.18 bits per heavy atom. The number of nitrogens with one attached hydrogen (secondary N) is 1. The van der Waals surface area contributed by atoms with Gasteiger partial charge >= 0.3 is 0 Å². The van der Waals surface area contributed by atoms with Gasteiger partial charge in [0.05, 0.1) is 5.52 Å². The molecule has 1 aliphatic heterocycles. The average molecular weight is 383 g/mol. The van der Waals surface area contributed by atoms with E-state index in [4.69, 9.17) is 10.7 Å². The van der Waals surface area contributed by atoms with Gasteiger partial charge in [-0.15, -0.1) is 0 Å². The maximum absolute atomic E-state index is 11.3. The zero-order valence-electron chi connectivity index (χ0n) is 17.0. The van der Waals surface area contributed by atoms with Gasteiger partial charge in [0.2, 0.25) is 5.91 Å². The minimum Gasteiger partial charge on any atom is -0.370 e. The molecule has 0 aliphatic carbocycles. The summed E-state index contributed by atoms with van der Waals surface area (Å²) in [6, 6.07) is 10.3. The summed E-state index contributed by atoms with van der Waals surface area (Å²) in [6.07, 6.45) is 2.52. The van der Waals surface area contributed by atoms with E-state index in [0.29, 0.717) is 18.9 Å². The molecule has 2 heterocycles. The molecule has 28 heavy (non-hydrogen) atoms. The second kappa shape index (κ2) is 8.91.